The van der Waals surface area contributed by atoms with Crippen molar-refractivity contribution >= 4 is 53.1 Å². The second kappa shape index (κ2) is 21.0. The molecule has 2 heterocycles. The highest BCUT2D eigenvalue weighted by Crippen LogP contribution is 2.41. The van der Waals surface area contributed by atoms with Gasteiger partial charge in [0.1, 0.15) is 17.7 Å². The number of likely N-dealkylation sites (tertiary alicyclic amines) is 1. The molecule has 3 N–H and O–H groups in total. The van der Waals surface area contributed by atoms with Gasteiger partial charge in [-0.2, -0.15) is 11.8 Å². The minimum Gasteiger partial charge on any atom is -0.481 e. The van der Waals surface area contributed by atoms with E-state index in [-0.39, 0.29) is 79.3 Å². The SMILES string of the molecule is CC1CC(=O)N(CC(=O)CCCCN(C(=O)CSCCC(=O)N[C@@H](CCC(=O)O)C(=O)O)[C@@H](c2cc(-c3cc(F)ccc3F)cn2Cc2ccccc2)C(C)(C)C)C1=O. The van der Waals surface area contributed by atoms with Gasteiger partial charge < -0.3 is 25.0 Å². The lowest BCUT2D eigenvalue weighted by atomic mass is 9.83. The lowest BCUT2D eigenvalue weighted by Crippen LogP contribution is -2.43. The van der Waals surface area contributed by atoms with Crippen LogP contribution in [0, 0.1) is 23.0 Å². The van der Waals surface area contributed by atoms with Gasteiger partial charge in [0.05, 0.1) is 18.3 Å². The fraction of sp³-hybridized carbons (Fsp3) is 0.465. The first-order valence-corrected chi connectivity index (χ1v) is 20.7. The number of carbonyl (C=O) groups excluding carboxylic acids is 5. The van der Waals surface area contributed by atoms with Crippen LogP contribution in [-0.4, -0.2) is 96.6 Å². The highest BCUT2D eigenvalue weighted by atomic mass is 32.2. The van der Waals surface area contributed by atoms with Crippen LogP contribution in [0.4, 0.5) is 8.78 Å². The summed E-state index contributed by atoms with van der Waals surface area (Å²) < 4.78 is 31.6. The number of thioether (sulfide) groups is 1. The number of carboxylic acids is 2. The Balaban J connectivity index is 1.60. The van der Waals surface area contributed by atoms with Crippen molar-refractivity contribution in [3.63, 3.8) is 0 Å². The third kappa shape index (κ3) is 13.3. The van der Waals surface area contributed by atoms with Crippen molar-refractivity contribution in [3.05, 3.63) is 83.7 Å². The Morgan fingerprint density at radius 3 is 2.31 bits per heavy atom. The number of hydrogen-bond acceptors (Lipinski definition) is 8. The van der Waals surface area contributed by atoms with Gasteiger partial charge in [-0.05, 0) is 54.5 Å². The first-order valence-electron chi connectivity index (χ1n) is 19.5. The minimum absolute atomic E-state index is 0.0494. The van der Waals surface area contributed by atoms with Crippen molar-refractivity contribution in [2.45, 2.75) is 91.3 Å². The molecule has 2 aromatic carbocycles. The molecule has 1 aromatic heterocycles. The predicted molar refractivity (Wildman–Crippen MR) is 217 cm³/mol. The molecule has 4 rings (SSSR count). The number of halogens is 2. The van der Waals surface area contributed by atoms with Crippen molar-refractivity contribution in [2.24, 2.45) is 11.3 Å². The number of nitrogens with one attached hydrogen (secondary N) is 1. The molecule has 3 aromatic rings. The van der Waals surface area contributed by atoms with E-state index in [0.29, 0.717) is 30.6 Å². The molecule has 1 unspecified atom stereocenters. The predicted octanol–water partition coefficient (Wildman–Crippen LogP) is 6.09. The van der Waals surface area contributed by atoms with Crippen LogP contribution in [0.25, 0.3) is 11.1 Å². The molecule has 0 spiro atoms. The Kier molecular flexibility index (Phi) is 16.5. The van der Waals surface area contributed by atoms with Crippen LogP contribution in [-0.2, 0) is 40.1 Å². The maximum Gasteiger partial charge on any atom is 0.326 e. The fourth-order valence-corrected chi connectivity index (χ4v) is 7.90. The monoisotopic (exact) mass is 838 g/mol. The number of carbonyl (C=O) groups is 7. The van der Waals surface area contributed by atoms with E-state index in [4.69, 9.17) is 5.11 Å². The van der Waals surface area contributed by atoms with E-state index in [2.05, 4.69) is 5.32 Å². The van der Waals surface area contributed by atoms with Crippen molar-refractivity contribution in [1.29, 1.82) is 0 Å². The molecule has 1 fully saturated rings. The number of benzene rings is 2. The molecule has 0 bridgehead atoms. The molecule has 4 amide bonds. The molecule has 1 aliphatic heterocycles. The zero-order valence-electron chi connectivity index (χ0n) is 33.7. The Hall–Kier alpha value is -5.38. The molecule has 1 saturated heterocycles. The van der Waals surface area contributed by atoms with Gasteiger partial charge in [0.25, 0.3) is 0 Å². The summed E-state index contributed by atoms with van der Waals surface area (Å²) in [6, 6.07) is 12.5. The molecule has 0 radical (unpaired) electrons. The van der Waals surface area contributed by atoms with Gasteiger partial charge in [-0.3, -0.25) is 33.7 Å². The Morgan fingerprint density at radius 2 is 1.68 bits per heavy atom. The standard InChI is InChI=1S/C43H52F2N4O9S/c1-27-20-37(52)49(41(27)56)25-31(50)12-8-9-18-48(38(53)26-59-19-17-36(51)46-34(42(57)58)15-16-39(54)55)40(43(2,3)4)35-21-29(32-22-30(44)13-14-33(32)45)24-47(35)23-28-10-6-5-7-11-28/h5-7,10-11,13-14,21-22,24,27,34,40H,8-9,12,15-20,23,25-26H2,1-4H3,(H,46,51)(H,54,55)(H,57,58)/t27?,34-,40-/m0/s1. The molecule has 16 heteroatoms. The van der Waals surface area contributed by atoms with Crippen LogP contribution < -0.4 is 5.32 Å². The Morgan fingerprint density at radius 1 is 0.966 bits per heavy atom. The van der Waals surface area contributed by atoms with Gasteiger partial charge in [-0.25, -0.2) is 13.6 Å². The summed E-state index contributed by atoms with van der Waals surface area (Å²) in [6.07, 6.45) is 1.71. The maximum atomic E-state index is 15.2. The summed E-state index contributed by atoms with van der Waals surface area (Å²) in [5.41, 5.74) is 1.38. The van der Waals surface area contributed by atoms with Gasteiger partial charge in [0, 0.05) is 73.5 Å². The molecule has 3 atom stereocenters. The Bertz CT molecular complexity index is 2020. The number of Topliss-reactive ketones (excluding diaryl/α,β-unsaturated/α-hetero) is 1. The quantitative estimate of drug-likeness (QED) is 0.0791. The van der Waals surface area contributed by atoms with E-state index in [0.717, 1.165) is 40.4 Å². The fourth-order valence-electron chi connectivity index (χ4n) is 7.08. The van der Waals surface area contributed by atoms with E-state index >= 15 is 4.39 Å². The average Bonchev–Trinajstić information content (AvgIpc) is 3.67. The number of carboxylic acid groups (broad SMARTS) is 2. The van der Waals surface area contributed by atoms with Gasteiger partial charge >= 0.3 is 11.9 Å². The Labute approximate surface area is 346 Å². The van der Waals surface area contributed by atoms with Gasteiger partial charge in [-0.1, -0.05) is 58.0 Å². The summed E-state index contributed by atoms with van der Waals surface area (Å²) in [4.78, 5) is 89.7. The topological polar surface area (TPSA) is 183 Å². The molecule has 13 nitrogen and oxygen atoms in total. The van der Waals surface area contributed by atoms with Gasteiger partial charge in [0.15, 0.2) is 5.78 Å². The molecule has 1 aliphatic rings. The molecule has 0 saturated carbocycles. The van der Waals surface area contributed by atoms with Crippen LogP contribution in [0.3, 0.4) is 0 Å². The number of aromatic nitrogens is 1. The maximum absolute atomic E-state index is 15.2. The van der Waals surface area contributed by atoms with E-state index in [1.807, 2.05) is 55.7 Å². The lowest BCUT2D eigenvalue weighted by Gasteiger charge is -2.41. The van der Waals surface area contributed by atoms with Crippen LogP contribution >= 0.6 is 11.8 Å². The van der Waals surface area contributed by atoms with Crippen molar-refractivity contribution in [3.8, 4) is 11.1 Å². The van der Waals surface area contributed by atoms with Gasteiger partial charge in [-0.15, -0.1) is 0 Å². The first kappa shape index (κ1) is 46.3. The number of ketones is 1. The number of rotatable bonds is 22. The highest BCUT2D eigenvalue weighted by molar-refractivity contribution is 7.99. The van der Waals surface area contributed by atoms with Crippen LogP contribution in [0.15, 0.2) is 60.8 Å². The van der Waals surface area contributed by atoms with E-state index in [9.17, 15) is 43.1 Å². The number of imide groups is 1. The summed E-state index contributed by atoms with van der Waals surface area (Å²) in [5, 5.41) is 20.7. The first-order chi connectivity index (χ1) is 27.8. The summed E-state index contributed by atoms with van der Waals surface area (Å²) >= 11 is 1.15. The normalized spacial score (nSPS) is 15.2. The summed E-state index contributed by atoms with van der Waals surface area (Å²) in [6.45, 7) is 7.72. The second-order valence-electron chi connectivity index (χ2n) is 15.9. The molecular weight excluding hydrogens is 787 g/mol. The van der Waals surface area contributed by atoms with Crippen molar-refractivity contribution < 1.29 is 52.6 Å². The third-order valence-corrected chi connectivity index (χ3v) is 10.9. The molecule has 59 heavy (non-hydrogen) atoms. The minimum atomic E-state index is -1.38. The average molecular weight is 839 g/mol. The van der Waals surface area contributed by atoms with Crippen LogP contribution in [0.5, 0.6) is 0 Å². The molecule has 0 aliphatic carbocycles. The number of aliphatic carboxylic acids is 2. The number of unbranched alkanes of at least 4 members (excludes halogenated alkanes) is 1. The van der Waals surface area contributed by atoms with Crippen LogP contribution in [0.1, 0.15) is 89.9 Å². The number of nitrogens with zero attached hydrogens (tertiary/aromatic N) is 3. The second-order valence-corrected chi connectivity index (χ2v) is 17.0. The van der Waals surface area contributed by atoms with Crippen LogP contribution in [0.2, 0.25) is 0 Å². The van der Waals surface area contributed by atoms with E-state index in [1.54, 1.807) is 24.1 Å². The summed E-state index contributed by atoms with van der Waals surface area (Å²) in [7, 11) is 0. The number of hydrogen-bond donors (Lipinski definition) is 3. The summed E-state index contributed by atoms with van der Waals surface area (Å²) in [5.74, 6) is -6.16. The zero-order valence-corrected chi connectivity index (χ0v) is 34.6. The smallest absolute Gasteiger partial charge is 0.326 e. The third-order valence-electron chi connectivity index (χ3n) is 9.99. The highest BCUT2D eigenvalue weighted by Gasteiger charge is 2.38. The molecule has 318 valence electrons. The number of amides is 4. The van der Waals surface area contributed by atoms with E-state index in [1.165, 1.54) is 0 Å². The lowest BCUT2D eigenvalue weighted by molar-refractivity contribution is -0.143. The van der Waals surface area contributed by atoms with E-state index < -0.39 is 59.3 Å². The largest absolute Gasteiger partial charge is 0.481 e. The van der Waals surface area contributed by atoms with Gasteiger partial charge in [0.2, 0.25) is 23.6 Å². The van der Waals surface area contributed by atoms with Crippen molar-refractivity contribution in [2.75, 3.05) is 24.6 Å². The zero-order chi connectivity index (χ0) is 43.4. The van der Waals surface area contributed by atoms with Crippen molar-refractivity contribution in [1.82, 2.24) is 19.7 Å². The molecular formula is C43H52F2N4O9S.